The van der Waals surface area contributed by atoms with E-state index in [0.29, 0.717) is 6.61 Å². The third kappa shape index (κ3) is 3.36. The molecule has 1 atom stereocenters. The molecule has 76 valence electrons. The van der Waals surface area contributed by atoms with Crippen LogP contribution in [0.25, 0.3) is 0 Å². The Morgan fingerprint density at radius 3 is 3.00 bits per heavy atom. The molecule has 0 spiro atoms. The molecule has 0 radical (unpaired) electrons. The van der Waals surface area contributed by atoms with E-state index in [1.807, 2.05) is 0 Å². The van der Waals surface area contributed by atoms with Crippen LogP contribution in [0, 0.1) is 0 Å². The van der Waals surface area contributed by atoms with Gasteiger partial charge in [-0.05, 0) is 26.2 Å². The van der Waals surface area contributed by atoms with Gasteiger partial charge >= 0.3 is 6.09 Å². The smallest absolute Gasteiger partial charge is 0.409 e. The minimum Gasteiger partial charge on any atom is -0.450 e. The summed E-state index contributed by atoms with van der Waals surface area (Å²) in [5, 5.41) is 2.39. The summed E-state index contributed by atoms with van der Waals surface area (Å²) in [6, 6.07) is 0. The average molecular weight is 203 g/mol. The van der Waals surface area contributed by atoms with E-state index in [9.17, 15) is 4.79 Å². The van der Waals surface area contributed by atoms with E-state index in [1.165, 1.54) is 0 Å². The van der Waals surface area contributed by atoms with Crippen molar-refractivity contribution in [3.63, 3.8) is 0 Å². The molecule has 1 aliphatic heterocycles. The molecular formula is C8H17NO3Si. The van der Waals surface area contributed by atoms with Crippen LogP contribution in [-0.4, -0.2) is 34.9 Å². The van der Waals surface area contributed by atoms with E-state index in [4.69, 9.17) is 9.47 Å². The molecular weight excluding hydrogens is 186 g/mol. The number of hydrogen-bond acceptors (Lipinski definition) is 3. The van der Waals surface area contributed by atoms with Crippen molar-refractivity contribution in [3.05, 3.63) is 0 Å². The first kappa shape index (κ1) is 10.5. The molecule has 4 nitrogen and oxygen atoms in total. The van der Waals surface area contributed by atoms with Crippen LogP contribution in [0.3, 0.4) is 0 Å². The van der Waals surface area contributed by atoms with Gasteiger partial charge in [0, 0.05) is 6.61 Å². The maximum atomic E-state index is 11.1. The highest BCUT2D eigenvalue weighted by atomic mass is 28.1. The monoisotopic (exact) mass is 203 g/mol. The van der Waals surface area contributed by atoms with Gasteiger partial charge < -0.3 is 9.47 Å². The molecule has 1 amide bonds. The summed E-state index contributed by atoms with van der Waals surface area (Å²) in [5.41, 5.74) is 0. The van der Waals surface area contributed by atoms with Crippen LogP contribution in [0.5, 0.6) is 0 Å². The first-order chi connectivity index (χ1) is 6.16. The Bertz CT molecular complexity index is 180. The van der Waals surface area contributed by atoms with Crippen LogP contribution in [0.2, 0.25) is 0 Å². The van der Waals surface area contributed by atoms with Gasteiger partial charge in [0.1, 0.15) is 5.35 Å². The first-order valence-corrected chi connectivity index (χ1v) is 5.75. The molecule has 0 aliphatic carbocycles. The highest BCUT2D eigenvalue weighted by Gasteiger charge is 2.29. The number of rotatable bonds is 2. The van der Waals surface area contributed by atoms with E-state index >= 15 is 0 Å². The van der Waals surface area contributed by atoms with Gasteiger partial charge in [0.05, 0.1) is 16.8 Å². The Morgan fingerprint density at radius 2 is 2.46 bits per heavy atom. The molecule has 5 heteroatoms. The number of amides is 1. The lowest BCUT2D eigenvalue weighted by atomic mass is 10.2. The van der Waals surface area contributed by atoms with Crippen LogP contribution >= 0.6 is 0 Å². The Hall–Kier alpha value is -0.553. The van der Waals surface area contributed by atoms with Gasteiger partial charge in [-0.15, -0.1) is 0 Å². The molecule has 13 heavy (non-hydrogen) atoms. The van der Waals surface area contributed by atoms with Gasteiger partial charge in [0.25, 0.3) is 0 Å². The van der Waals surface area contributed by atoms with Crippen LogP contribution < -0.4 is 5.32 Å². The molecule has 0 aromatic heterocycles. The average Bonchev–Trinajstić information content (AvgIpc) is 2.04. The fraction of sp³-hybridized carbons (Fsp3) is 0.875. The SMILES string of the molecule is CCOC(=O)NC1([SiH3])CCCCO1. The van der Waals surface area contributed by atoms with Gasteiger partial charge in [0.2, 0.25) is 0 Å². The molecule has 1 unspecified atom stereocenters. The highest BCUT2D eigenvalue weighted by molar-refractivity contribution is 6.15. The fourth-order valence-corrected chi connectivity index (χ4v) is 2.18. The molecule has 0 aromatic carbocycles. The number of ether oxygens (including phenoxy) is 2. The lowest BCUT2D eigenvalue weighted by Gasteiger charge is -2.34. The standard InChI is InChI=1S/C8H17NO3Si/c1-2-11-7(10)9-8(13)5-3-4-6-12-8/h2-6H2,1,13H3,(H,9,10). The second kappa shape index (κ2) is 4.62. The molecule has 1 rings (SSSR count). The van der Waals surface area contributed by atoms with E-state index in [1.54, 1.807) is 6.92 Å². The van der Waals surface area contributed by atoms with Crippen LogP contribution in [0.1, 0.15) is 26.2 Å². The van der Waals surface area contributed by atoms with Crippen molar-refractivity contribution < 1.29 is 14.3 Å². The molecule has 1 aliphatic rings. The predicted molar refractivity (Wildman–Crippen MR) is 52.6 cm³/mol. The van der Waals surface area contributed by atoms with E-state index in [-0.39, 0.29) is 11.4 Å². The highest BCUT2D eigenvalue weighted by Crippen LogP contribution is 2.18. The van der Waals surface area contributed by atoms with Crippen molar-refractivity contribution in [1.29, 1.82) is 0 Å². The van der Waals surface area contributed by atoms with Crippen molar-refractivity contribution >= 4 is 16.3 Å². The van der Waals surface area contributed by atoms with Gasteiger partial charge in [-0.1, -0.05) is 0 Å². The lowest BCUT2D eigenvalue weighted by Crippen LogP contribution is -2.53. The maximum absolute atomic E-state index is 11.1. The van der Waals surface area contributed by atoms with Crippen LogP contribution in [-0.2, 0) is 9.47 Å². The Balaban J connectivity index is 2.36. The number of hydrogen-bond donors (Lipinski definition) is 1. The maximum Gasteiger partial charge on any atom is 0.409 e. The Labute approximate surface area is 81.4 Å². The normalized spacial score (nSPS) is 28.4. The predicted octanol–water partition coefficient (Wildman–Crippen LogP) is -0.0478. The van der Waals surface area contributed by atoms with Crippen molar-refractivity contribution in [2.45, 2.75) is 31.5 Å². The number of carbonyl (C=O) groups excluding carboxylic acids is 1. The lowest BCUT2D eigenvalue weighted by molar-refractivity contribution is -0.0377. The fourth-order valence-electron chi connectivity index (χ4n) is 1.42. The van der Waals surface area contributed by atoms with E-state index in [2.05, 4.69) is 5.32 Å². The summed E-state index contributed by atoms with van der Waals surface area (Å²) in [6.07, 6.45) is 2.77. The zero-order valence-corrected chi connectivity index (χ0v) is 10.3. The third-order valence-corrected chi connectivity index (χ3v) is 3.15. The summed E-state index contributed by atoms with van der Waals surface area (Å²) >= 11 is 0. The third-order valence-electron chi connectivity index (χ3n) is 2.11. The van der Waals surface area contributed by atoms with E-state index in [0.717, 1.165) is 36.1 Å². The first-order valence-electron chi connectivity index (χ1n) is 4.75. The molecule has 1 fully saturated rings. The zero-order chi connectivity index (χ0) is 9.73. The molecule has 0 saturated carbocycles. The second-order valence-corrected chi connectivity index (χ2v) is 5.00. The van der Waals surface area contributed by atoms with Gasteiger partial charge in [-0.3, -0.25) is 5.32 Å². The summed E-state index contributed by atoms with van der Waals surface area (Å²) in [7, 11) is 0.801. The van der Waals surface area contributed by atoms with Crippen molar-refractivity contribution in [1.82, 2.24) is 5.32 Å². The summed E-state index contributed by atoms with van der Waals surface area (Å²) in [6.45, 7) is 2.94. The minimum absolute atomic E-state index is 0.362. The van der Waals surface area contributed by atoms with Crippen molar-refractivity contribution in [2.24, 2.45) is 0 Å². The Morgan fingerprint density at radius 1 is 1.69 bits per heavy atom. The van der Waals surface area contributed by atoms with Gasteiger partial charge in [-0.25, -0.2) is 4.79 Å². The van der Waals surface area contributed by atoms with E-state index < -0.39 is 0 Å². The molecule has 0 bridgehead atoms. The number of carbonyl (C=O) groups is 1. The minimum atomic E-state index is -0.384. The quantitative estimate of drug-likeness (QED) is 0.640. The Kier molecular flexibility index (Phi) is 3.74. The van der Waals surface area contributed by atoms with Crippen LogP contribution in [0.15, 0.2) is 0 Å². The van der Waals surface area contributed by atoms with Crippen molar-refractivity contribution in [2.75, 3.05) is 13.2 Å². The molecule has 1 heterocycles. The van der Waals surface area contributed by atoms with Gasteiger partial charge in [0.15, 0.2) is 0 Å². The summed E-state index contributed by atoms with van der Waals surface area (Å²) in [4.78, 5) is 11.1. The second-order valence-electron chi connectivity index (χ2n) is 3.38. The number of nitrogens with one attached hydrogen (secondary N) is 1. The zero-order valence-electron chi connectivity index (χ0n) is 8.26. The summed E-state index contributed by atoms with van der Waals surface area (Å²) < 4.78 is 10.3. The molecule has 1 N–H and O–H groups in total. The number of alkyl carbamates (subject to hydrolysis) is 1. The molecule has 1 saturated heterocycles. The topological polar surface area (TPSA) is 47.6 Å². The largest absolute Gasteiger partial charge is 0.450 e. The van der Waals surface area contributed by atoms with Crippen molar-refractivity contribution in [3.8, 4) is 0 Å². The van der Waals surface area contributed by atoms with Gasteiger partial charge in [-0.2, -0.15) is 0 Å². The van der Waals surface area contributed by atoms with Crippen LogP contribution in [0.4, 0.5) is 4.79 Å². The summed E-state index contributed by atoms with van der Waals surface area (Å²) in [5.74, 6) is 0. The molecule has 0 aromatic rings.